The topological polar surface area (TPSA) is 39.2 Å². The van der Waals surface area contributed by atoms with E-state index in [1.807, 2.05) is 36.4 Å². The maximum atomic E-state index is 6.08. The van der Waals surface area contributed by atoms with E-state index in [4.69, 9.17) is 21.8 Å². The van der Waals surface area contributed by atoms with Crippen LogP contribution in [0.5, 0.6) is 0 Å². The van der Waals surface area contributed by atoms with Crippen molar-refractivity contribution >= 4 is 11.6 Å². The highest BCUT2D eigenvalue weighted by molar-refractivity contribution is 6.30. The van der Waals surface area contributed by atoms with E-state index >= 15 is 0 Å². The van der Waals surface area contributed by atoms with Crippen LogP contribution in [-0.2, 0) is 6.42 Å². The third kappa shape index (κ3) is 2.87. The molecule has 1 unspecified atom stereocenters. The maximum Gasteiger partial charge on any atom is 0.103 e. The molecule has 0 radical (unpaired) electrons. The standard InChI is InChI=1S/C13H14ClNO/c14-11-4-1-3-10(9-11)13(15)7-6-12-5-2-8-16-12/h1-5,8-9,13H,6-7,15H2. The van der Waals surface area contributed by atoms with Gasteiger partial charge in [-0.05, 0) is 36.2 Å². The molecule has 0 spiro atoms. The van der Waals surface area contributed by atoms with E-state index in [1.54, 1.807) is 6.26 Å². The van der Waals surface area contributed by atoms with Gasteiger partial charge < -0.3 is 10.2 Å². The van der Waals surface area contributed by atoms with Gasteiger partial charge in [0.15, 0.2) is 0 Å². The second-order valence-electron chi connectivity index (χ2n) is 3.78. The Morgan fingerprint density at radius 2 is 2.12 bits per heavy atom. The van der Waals surface area contributed by atoms with Crippen LogP contribution < -0.4 is 5.73 Å². The minimum absolute atomic E-state index is 0.00352. The summed E-state index contributed by atoms with van der Waals surface area (Å²) in [4.78, 5) is 0. The van der Waals surface area contributed by atoms with Crippen LogP contribution in [0, 0.1) is 0 Å². The van der Waals surface area contributed by atoms with Gasteiger partial charge in [0.25, 0.3) is 0 Å². The quantitative estimate of drug-likeness (QED) is 0.880. The van der Waals surface area contributed by atoms with Crippen LogP contribution in [0.4, 0.5) is 0 Å². The van der Waals surface area contributed by atoms with Crippen LogP contribution in [0.2, 0.25) is 5.02 Å². The largest absolute Gasteiger partial charge is 0.469 e. The van der Waals surface area contributed by atoms with E-state index in [1.165, 1.54) is 0 Å². The number of furan rings is 1. The molecule has 0 saturated carbocycles. The average Bonchev–Trinajstić information content (AvgIpc) is 2.78. The van der Waals surface area contributed by atoms with Gasteiger partial charge >= 0.3 is 0 Å². The second kappa shape index (κ2) is 5.19. The molecule has 2 nitrogen and oxygen atoms in total. The van der Waals surface area contributed by atoms with Crippen molar-refractivity contribution in [2.75, 3.05) is 0 Å². The van der Waals surface area contributed by atoms with Crippen molar-refractivity contribution in [3.05, 3.63) is 59.0 Å². The van der Waals surface area contributed by atoms with Gasteiger partial charge in [0.2, 0.25) is 0 Å². The van der Waals surface area contributed by atoms with Crippen LogP contribution in [-0.4, -0.2) is 0 Å². The number of rotatable bonds is 4. The molecule has 0 aliphatic carbocycles. The monoisotopic (exact) mass is 235 g/mol. The highest BCUT2D eigenvalue weighted by atomic mass is 35.5. The molecule has 84 valence electrons. The van der Waals surface area contributed by atoms with Crippen LogP contribution in [0.25, 0.3) is 0 Å². The van der Waals surface area contributed by atoms with Crippen molar-refractivity contribution in [2.45, 2.75) is 18.9 Å². The number of nitrogens with two attached hydrogens (primary N) is 1. The Kier molecular flexibility index (Phi) is 3.65. The van der Waals surface area contributed by atoms with Gasteiger partial charge in [-0.15, -0.1) is 0 Å². The number of aryl methyl sites for hydroxylation is 1. The highest BCUT2D eigenvalue weighted by Crippen LogP contribution is 2.20. The van der Waals surface area contributed by atoms with Gasteiger partial charge in [0.05, 0.1) is 6.26 Å². The van der Waals surface area contributed by atoms with Crippen LogP contribution in [0.15, 0.2) is 47.1 Å². The summed E-state index contributed by atoms with van der Waals surface area (Å²) >= 11 is 5.91. The maximum absolute atomic E-state index is 6.08. The van der Waals surface area contributed by atoms with Crippen molar-refractivity contribution in [2.24, 2.45) is 5.73 Å². The van der Waals surface area contributed by atoms with Crippen LogP contribution >= 0.6 is 11.6 Å². The first-order valence-electron chi connectivity index (χ1n) is 5.29. The first-order valence-corrected chi connectivity index (χ1v) is 5.67. The fourth-order valence-electron chi connectivity index (χ4n) is 1.66. The lowest BCUT2D eigenvalue weighted by Gasteiger charge is -2.11. The average molecular weight is 236 g/mol. The molecule has 1 atom stereocenters. The minimum atomic E-state index is 0.00352. The summed E-state index contributed by atoms with van der Waals surface area (Å²) in [5, 5.41) is 0.728. The SMILES string of the molecule is NC(CCc1ccco1)c1cccc(Cl)c1. The van der Waals surface area contributed by atoms with Gasteiger partial charge in [-0.2, -0.15) is 0 Å². The smallest absolute Gasteiger partial charge is 0.103 e. The van der Waals surface area contributed by atoms with E-state index in [-0.39, 0.29) is 6.04 Å². The van der Waals surface area contributed by atoms with Gasteiger partial charge in [0, 0.05) is 17.5 Å². The third-order valence-corrected chi connectivity index (χ3v) is 2.79. The molecule has 1 aromatic heterocycles. The molecule has 1 aromatic carbocycles. The van der Waals surface area contributed by atoms with Gasteiger partial charge in [-0.3, -0.25) is 0 Å². The Morgan fingerprint density at radius 3 is 2.81 bits per heavy atom. The zero-order valence-corrected chi connectivity index (χ0v) is 9.65. The Balaban J connectivity index is 1.95. The van der Waals surface area contributed by atoms with Gasteiger partial charge in [0.1, 0.15) is 5.76 Å². The zero-order chi connectivity index (χ0) is 11.4. The lowest BCUT2D eigenvalue weighted by molar-refractivity contribution is 0.488. The summed E-state index contributed by atoms with van der Waals surface area (Å²) in [6.45, 7) is 0. The minimum Gasteiger partial charge on any atom is -0.469 e. The van der Waals surface area contributed by atoms with Crippen molar-refractivity contribution < 1.29 is 4.42 Å². The van der Waals surface area contributed by atoms with E-state index in [0.29, 0.717) is 0 Å². The summed E-state index contributed by atoms with van der Waals surface area (Å²) in [7, 11) is 0. The Morgan fingerprint density at radius 1 is 1.25 bits per heavy atom. The van der Waals surface area contributed by atoms with E-state index in [9.17, 15) is 0 Å². The van der Waals surface area contributed by atoms with E-state index < -0.39 is 0 Å². The molecule has 3 heteroatoms. The fraction of sp³-hybridized carbons (Fsp3) is 0.231. The third-order valence-electron chi connectivity index (χ3n) is 2.56. The number of hydrogen-bond acceptors (Lipinski definition) is 2. The Bertz CT molecular complexity index is 439. The molecule has 2 aromatic rings. The van der Waals surface area contributed by atoms with E-state index in [2.05, 4.69) is 0 Å². The fourth-order valence-corrected chi connectivity index (χ4v) is 1.86. The lowest BCUT2D eigenvalue weighted by atomic mass is 10.0. The number of benzene rings is 1. The summed E-state index contributed by atoms with van der Waals surface area (Å²) < 4.78 is 5.26. The summed E-state index contributed by atoms with van der Waals surface area (Å²) in [5.41, 5.74) is 7.15. The Labute approximate surface area is 100 Å². The van der Waals surface area contributed by atoms with Gasteiger partial charge in [-0.1, -0.05) is 23.7 Å². The van der Waals surface area contributed by atoms with Gasteiger partial charge in [-0.25, -0.2) is 0 Å². The molecule has 0 aliphatic heterocycles. The molecule has 0 fully saturated rings. The summed E-state index contributed by atoms with van der Waals surface area (Å²) in [6, 6.07) is 11.5. The Hall–Kier alpha value is -1.25. The van der Waals surface area contributed by atoms with Crippen molar-refractivity contribution in [1.82, 2.24) is 0 Å². The molecule has 0 saturated heterocycles. The first kappa shape index (κ1) is 11.2. The molecular weight excluding hydrogens is 222 g/mol. The van der Waals surface area contributed by atoms with Crippen LogP contribution in [0.1, 0.15) is 23.8 Å². The van der Waals surface area contributed by atoms with Crippen molar-refractivity contribution in [1.29, 1.82) is 0 Å². The first-order chi connectivity index (χ1) is 7.75. The zero-order valence-electron chi connectivity index (χ0n) is 8.90. The lowest BCUT2D eigenvalue weighted by Crippen LogP contribution is -2.11. The molecule has 1 heterocycles. The van der Waals surface area contributed by atoms with Crippen molar-refractivity contribution in [3.63, 3.8) is 0 Å². The van der Waals surface area contributed by atoms with Crippen molar-refractivity contribution in [3.8, 4) is 0 Å². The molecule has 0 aliphatic rings. The predicted molar refractivity (Wildman–Crippen MR) is 65.4 cm³/mol. The van der Waals surface area contributed by atoms with Crippen LogP contribution in [0.3, 0.4) is 0 Å². The number of halogens is 1. The molecular formula is C13H14ClNO. The molecule has 2 rings (SSSR count). The summed E-state index contributed by atoms with van der Waals surface area (Å²) in [6.07, 6.45) is 3.38. The second-order valence-corrected chi connectivity index (χ2v) is 4.22. The number of hydrogen-bond donors (Lipinski definition) is 1. The molecule has 2 N–H and O–H groups in total. The molecule has 16 heavy (non-hydrogen) atoms. The summed E-state index contributed by atoms with van der Waals surface area (Å²) in [5.74, 6) is 0.970. The normalized spacial score (nSPS) is 12.6. The highest BCUT2D eigenvalue weighted by Gasteiger charge is 2.07. The van der Waals surface area contributed by atoms with E-state index in [0.717, 1.165) is 29.2 Å². The predicted octanol–water partition coefficient (Wildman–Crippen LogP) is 3.57. The molecule has 0 amide bonds. The molecule has 0 bridgehead atoms.